The van der Waals surface area contributed by atoms with E-state index < -0.39 is 0 Å². The van der Waals surface area contributed by atoms with Gasteiger partial charge in [0.1, 0.15) is 0 Å². The molecule has 0 atom stereocenters. The topological polar surface area (TPSA) is 44.1 Å². The van der Waals surface area contributed by atoms with Crippen LogP contribution in [0.4, 0.5) is 5.69 Å². The molecule has 3 heteroatoms. The van der Waals surface area contributed by atoms with Gasteiger partial charge in [0.2, 0.25) is 5.91 Å². The molecule has 2 aromatic rings. The third-order valence-electron chi connectivity index (χ3n) is 3.23. The maximum absolute atomic E-state index is 12.1. The molecule has 0 N–H and O–H groups in total. The van der Waals surface area contributed by atoms with Crippen molar-refractivity contribution in [2.24, 2.45) is 0 Å². The van der Waals surface area contributed by atoms with Gasteiger partial charge in [-0.25, -0.2) is 0 Å². The number of nitrogens with zero attached hydrogens (tertiary/aromatic N) is 2. The van der Waals surface area contributed by atoms with Crippen LogP contribution in [0.1, 0.15) is 17.5 Å². The summed E-state index contributed by atoms with van der Waals surface area (Å²) in [6.07, 6.45) is 1.14. The predicted octanol–water partition coefficient (Wildman–Crippen LogP) is 3.15. The van der Waals surface area contributed by atoms with Gasteiger partial charge >= 0.3 is 0 Å². The number of carbonyl (C=O) groups excluding carboxylic acids is 1. The first-order chi connectivity index (χ1) is 9.70. The first-order valence-electron chi connectivity index (χ1n) is 6.51. The zero-order valence-corrected chi connectivity index (χ0v) is 11.4. The molecule has 2 aromatic carbocycles. The molecule has 1 amide bonds. The number of aryl methyl sites for hydroxylation is 1. The maximum atomic E-state index is 12.1. The largest absolute Gasteiger partial charge is 0.315 e. The van der Waals surface area contributed by atoms with Crippen molar-refractivity contribution in [3.8, 4) is 6.07 Å². The van der Waals surface area contributed by atoms with E-state index >= 15 is 0 Å². The molecule has 0 aliphatic rings. The van der Waals surface area contributed by atoms with E-state index in [-0.39, 0.29) is 5.91 Å². The molecule has 0 fully saturated rings. The van der Waals surface area contributed by atoms with Crippen molar-refractivity contribution in [1.29, 1.82) is 5.26 Å². The summed E-state index contributed by atoms with van der Waals surface area (Å²) in [5.41, 5.74) is 2.61. The Morgan fingerprint density at radius 1 is 1.10 bits per heavy atom. The molecule has 0 saturated carbocycles. The number of anilines is 1. The minimum atomic E-state index is 0.0839. The van der Waals surface area contributed by atoms with Gasteiger partial charge < -0.3 is 4.90 Å². The van der Waals surface area contributed by atoms with Crippen molar-refractivity contribution < 1.29 is 4.79 Å². The monoisotopic (exact) mass is 264 g/mol. The van der Waals surface area contributed by atoms with Gasteiger partial charge in [-0.05, 0) is 36.2 Å². The van der Waals surface area contributed by atoms with Crippen LogP contribution in [-0.2, 0) is 11.2 Å². The number of para-hydroxylation sites is 1. The first-order valence-corrected chi connectivity index (χ1v) is 6.51. The molecule has 0 aromatic heterocycles. The average Bonchev–Trinajstić information content (AvgIpc) is 2.53. The lowest BCUT2D eigenvalue weighted by atomic mass is 10.1. The van der Waals surface area contributed by atoms with Crippen molar-refractivity contribution >= 4 is 11.6 Å². The number of amides is 1. The van der Waals surface area contributed by atoms with Gasteiger partial charge in [0.15, 0.2) is 0 Å². The van der Waals surface area contributed by atoms with Crippen molar-refractivity contribution in [2.75, 3.05) is 11.9 Å². The fourth-order valence-corrected chi connectivity index (χ4v) is 1.96. The van der Waals surface area contributed by atoms with Crippen molar-refractivity contribution in [3.05, 3.63) is 65.7 Å². The summed E-state index contributed by atoms with van der Waals surface area (Å²) in [4.78, 5) is 13.8. The number of rotatable bonds is 4. The van der Waals surface area contributed by atoms with Gasteiger partial charge in [-0.2, -0.15) is 5.26 Å². The molecule has 0 aliphatic carbocycles. The second-order valence-electron chi connectivity index (χ2n) is 4.60. The minimum absolute atomic E-state index is 0.0839. The standard InChI is InChI=1S/C17H16N2O/c1-19(16-5-3-2-4-6-16)17(20)12-11-14-7-9-15(13-18)10-8-14/h2-10H,11-12H2,1H3. The van der Waals surface area contributed by atoms with Gasteiger partial charge in [0.25, 0.3) is 0 Å². The first kappa shape index (κ1) is 13.8. The van der Waals surface area contributed by atoms with Crippen molar-refractivity contribution in [2.45, 2.75) is 12.8 Å². The van der Waals surface area contributed by atoms with Crippen LogP contribution in [0.3, 0.4) is 0 Å². The normalized spacial score (nSPS) is 9.80. The second-order valence-corrected chi connectivity index (χ2v) is 4.60. The quantitative estimate of drug-likeness (QED) is 0.851. The molecule has 20 heavy (non-hydrogen) atoms. The van der Waals surface area contributed by atoms with Crippen LogP contribution in [0.25, 0.3) is 0 Å². The van der Waals surface area contributed by atoms with Crippen LogP contribution < -0.4 is 4.90 Å². The Balaban J connectivity index is 1.93. The number of carbonyl (C=O) groups is 1. The Labute approximate surface area is 119 Å². The highest BCUT2D eigenvalue weighted by Crippen LogP contribution is 2.13. The Hall–Kier alpha value is -2.60. The summed E-state index contributed by atoms with van der Waals surface area (Å²) in [6.45, 7) is 0. The Kier molecular flexibility index (Phi) is 4.52. The van der Waals surface area contributed by atoms with E-state index in [1.54, 1.807) is 24.1 Å². The molecule has 0 spiro atoms. The van der Waals surface area contributed by atoms with Crippen LogP contribution in [0.2, 0.25) is 0 Å². The van der Waals surface area contributed by atoms with E-state index in [0.29, 0.717) is 18.4 Å². The van der Waals surface area contributed by atoms with E-state index in [1.807, 2.05) is 42.5 Å². The molecule has 0 bridgehead atoms. The lowest BCUT2D eigenvalue weighted by Crippen LogP contribution is -2.26. The van der Waals surface area contributed by atoms with E-state index in [4.69, 9.17) is 5.26 Å². The molecule has 2 rings (SSSR count). The fourth-order valence-electron chi connectivity index (χ4n) is 1.96. The second kappa shape index (κ2) is 6.53. The lowest BCUT2D eigenvalue weighted by molar-refractivity contribution is -0.118. The molecule has 0 saturated heterocycles. The maximum Gasteiger partial charge on any atom is 0.227 e. The summed E-state index contributed by atoms with van der Waals surface area (Å²) in [7, 11) is 1.79. The van der Waals surface area contributed by atoms with E-state index in [2.05, 4.69) is 6.07 Å². The zero-order chi connectivity index (χ0) is 14.4. The number of nitriles is 1. The number of hydrogen-bond donors (Lipinski definition) is 0. The highest BCUT2D eigenvalue weighted by Gasteiger charge is 2.10. The molecular formula is C17H16N2O. The third kappa shape index (κ3) is 3.46. The molecule has 3 nitrogen and oxygen atoms in total. The van der Waals surface area contributed by atoms with E-state index in [0.717, 1.165) is 11.3 Å². The highest BCUT2D eigenvalue weighted by atomic mass is 16.2. The summed E-state index contributed by atoms with van der Waals surface area (Å²) >= 11 is 0. The van der Waals surface area contributed by atoms with Crippen LogP contribution in [0, 0.1) is 11.3 Å². The van der Waals surface area contributed by atoms with E-state index in [1.165, 1.54) is 0 Å². The van der Waals surface area contributed by atoms with Crippen molar-refractivity contribution in [3.63, 3.8) is 0 Å². The number of benzene rings is 2. The smallest absolute Gasteiger partial charge is 0.227 e. The SMILES string of the molecule is CN(C(=O)CCc1ccc(C#N)cc1)c1ccccc1. The lowest BCUT2D eigenvalue weighted by Gasteiger charge is -2.17. The molecule has 0 aliphatic heterocycles. The Bertz CT molecular complexity index is 612. The Morgan fingerprint density at radius 3 is 2.35 bits per heavy atom. The van der Waals surface area contributed by atoms with Gasteiger partial charge in [-0.15, -0.1) is 0 Å². The van der Waals surface area contributed by atoms with Crippen molar-refractivity contribution in [1.82, 2.24) is 0 Å². The van der Waals surface area contributed by atoms with Crippen LogP contribution in [-0.4, -0.2) is 13.0 Å². The fraction of sp³-hybridized carbons (Fsp3) is 0.176. The van der Waals surface area contributed by atoms with Crippen LogP contribution >= 0.6 is 0 Å². The van der Waals surface area contributed by atoms with Gasteiger partial charge in [0, 0.05) is 19.2 Å². The van der Waals surface area contributed by atoms with Gasteiger partial charge in [-0.1, -0.05) is 30.3 Å². The Morgan fingerprint density at radius 2 is 1.75 bits per heavy atom. The molecule has 100 valence electrons. The average molecular weight is 264 g/mol. The molecule has 0 heterocycles. The predicted molar refractivity (Wildman–Crippen MR) is 79.3 cm³/mol. The van der Waals surface area contributed by atoms with Crippen LogP contribution in [0.5, 0.6) is 0 Å². The molecule has 0 radical (unpaired) electrons. The summed E-state index contributed by atoms with van der Waals surface area (Å²) in [5.74, 6) is 0.0839. The summed E-state index contributed by atoms with van der Waals surface area (Å²) < 4.78 is 0. The highest BCUT2D eigenvalue weighted by molar-refractivity contribution is 5.92. The zero-order valence-electron chi connectivity index (χ0n) is 11.4. The third-order valence-corrected chi connectivity index (χ3v) is 3.23. The summed E-state index contributed by atoms with van der Waals surface area (Å²) in [6, 6.07) is 19.0. The molecular weight excluding hydrogens is 248 g/mol. The summed E-state index contributed by atoms with van der Waals surface area (Å²) in [5, 5.41) is 8.73. The van der Waals surface area contributed by atoms with Gasteiger partial charge in [0.05, 0.1) is 11.6 Å². The number of hydrogen-bond acceptors (Lipinski definition) is 2. The molecule has 0 unspecified atom stereocenters. The van der Waals surface area contributed by atoms with E-state index in [9.17, 15) is 4.79 Å². The van der Waals surface area contributed by atoms with Gasteiger partial charge in [-0.3, -0.25) is 4.79 Å². The minimum Gasteiger partial charge on any atom is -0.315 e. The van der Waals surface area contributed by atoms with Crippen LogP contribution in [0.15, 0.2) is 54.6 Å².